The molecule has 0 atom stereocenters. The molecule has 147 valence electrons. The average Bonchev–Trinajstić information content (AvgIpc) is 2.62. The van der Waals surface area contributed by atoms with Crippen molar-refractivity contribution in [1.82, 2.24) is 5.32 Å². The third kappa shape index (κ3) is 4.46. The number of hydrogen-bond donors (Lipinski definition) is 1. The van der Waals surface area contributed by atoms with Gasteiger partial charge in [-0.25, -0.2) is 0 Å². The molecule has 0 heterocycles. The van der Waals surface area contributed by atoms with Crippen molar-refractivity contribution in [2.24, 2.45) is 0 Å². The van der Waals surface area contributed by atoms with Crippen LogP contribution >= 0.6 is 0 Å². The lowest BCUT2D eigenvalue weighted by atomic mass is 9.87. The van der Waals surface area contributed by atoms with Gasteiger partial charge in [0.2, 0.25) is 5.91 Å². The first-order valence-corrected chi connectivity index (χ1v) is 9.47. The molecule has 0 spiro atoms. The van der Waals surface area contributed by atoms with E-state index in [2.05, 4.69) is 11.4 Å². The van der Waals surface area contributed by atoms with Crippen molar-refractivity contribution in [2.45, 2.75) is 51.2 Å². The highest BCUT2D eigenvalue weighted by Crippen LogP contribution is 2.41. The molecule has 0 aliphatic heterocycles. The molecular weight excluding hydrogens is 363 g/mol. The third-order valence-electron chi connectivity index (χ3n) is 5.03. The number of nitrogens with one attached hydrogen (secondary N) is 1. The number of carbonyl (C=O) groups is 1. The molecule has 1 aliphatic rings. The molecular formula is C23H23F3NO. The molecule has 0 bridgehead atoms. The second-order valence-electron chi connectivity index (χ2n) is 7.39. The first-order chi connectivity index (χ1) is 13.3. The number of amides is 1. The zero-order chi connectivity index (χ0) is 20.3. The Labute approximate surface area is 163 Å². The van der Waals surface area contributed by atoms with E-state index in [1.807, 2.05) is 26.0 Å². The Morgan fingerprint density at radius 3 is 2.54 bits per heavy atom. The standard InChI is InChI=1S/C23H23F3NO/c1-15(2)18-10-3-4-11-19(18)22-16(7-5-12-20(22)23(24,25)26)13-14-21(28)27-17-8-6-9-17/h3-5,7,10-11,13-15,17H,6,8-9H2,1-2H3,(H,27,28)/b14-13+. The van der Waals surface area contributed by atoms with E-state index < -0.39 is 11.7 Å². The van der Waals surface area contributed by atoms with E-state index in [1.165, 1.54) is 18.2 Å². The second-order valence-corrected chi connectivity index (χ2v) is 7.39. The maximum absolute atomic E-state index is 13.7. The molecule has 0 unspecified atom stereocenters. The molecule has 1 amide bonds. The molecule has 1 radical (unpaired) electrons. The molecule has 1 saturated carbocycles. The molecule has 3 rings (SSSR count). The monoisotopic (exact) mass is 386 g/mol. The van der Waals surface area contributed by atoms with Crippen molar-refractivity contribution < 1.29 is 18.0 Å². The fraction of sp³-hybridized carbons (Fsp3) is 0.348. The minimum absolute atomic E-state index is 0.0521. The van der Waals surface area contributed by atoms with Crippen molar-refractivity contribution in [2.75, 3.05) is 0 Å². The Bertz CT molecular complexity index is 880. The molecule has 2 aromatic carbocycles. The second kappa shape index (κ2) is 8.21. The minimum atomic E-state index is -4.54. The van der Waals surface area contributed by atoms with Gasteiger partial charge < -0.3 is 5.32 Å². The van der Waals surface area contributed by atoms with Gasteiger partial charge in [-0.2, -0.15) is 13.2 Å². The fourth-order valence-corrected chi connectivity index (χ4v) is 3.36. The van der Waals surface area contributed by atoms with Gasteiger partial charge in [0.1, 0.15) is 0 Å². The number of benzene rings is 2. The van der Waals surface area contributed by atoms with Crippen molar-refractivity contribution >= 4 is 12.0 Å². The van der Waals surface area contributed by atoms with Gasteiger partial charge in [0.15, 0.2) is 0 Å². The molecule has 5 heteroatoms. The number of hydrogen-bond acceptors (Lipinski definition) is 1. The highest BCUT2D eigenvalue weighted by molar-refractivity contribution is 5.94. The van der Waals surface area contributed by atoms with Gasteiger partial charge in [-0.1, -0.05) is 50.2 Å². The first-order valence-electron chi connectivity index (χ1n) is 9.47. The van der Waals surface area contributed by atoms with E-state index in [0.29, 0.717) is 11.1 Å². The van der Waals surface area contributed by atoms with Crippen LogP contribution in [0.3, 0.4) is 0 Å². The summed E-state index contributed by atoms with van der Waals surface area (Å²) in [6, 6.07) is 12.4. The summed E-state index contributed by atoms with van der Waals surface area (Å²) in [4.78, 5) is 12.1. The molecule has 0 saturated heterocycles. The van der Waals surface area contributed by atoms with Crippen LogP contribution in [0.5, 0.6) is 0 Å². The molecule has 28 heavy (non-hydrogen) atoms. The normalized spacial score (nSPS) is 15.1. The third-order valence-corrected chi connectivity index (χ3v) is 5.03. The summed E-state index contributed by atoms with van der Waals surface area (Å²) in [5.41, 5.74) is 0.930. The largest absolute Gasteiger partial charge is 0.417 e. The summed E-state index contributed by atoms with van der Waals surface area (Å²) in [5.74, 6) is -0.231. The van der Waals surface area contributed by atoms with Crippen molar-refractivity contribution in [1.29, 1.82) is 0 Å². The van der Waals surface area contributed by atoms with Gasteiger partial charge >= 0.3 is 6.18 Å². The van der Waals surface area contributed by atoms with Crippen molar-refractivity contribution in [3.8, 4) is 11.1 Å². The lowest BCUT2D eigenvalue weighted by Crippen LogP contribution is -2.38. The van der Waals surface area contributed by atoms with Crippen LogP contribution in [-0.2, 0) is 11.0 Å². The number of alkyl halides is 3. The van der Waals surface area contributed by atoms with Crippen LogP contribution in [0.4, 0.5) is 13.2 Å². The summed E-state index contributed by atoms with van der Waals surface area (Å²) >= 11 is 0. The average molecular weight is 386 g/mol. The summed E-state index contributed by atoms with van der Waals surface area (Å²) in [6.45, 7) is 3.89. The highest BCUT2D eigenvalue weighted by atomic mass is 19.4. The van der Waals surface area contributed by atoms with Gasteiger partial charge in [-0.05, 0) is 54.0 Å². The highest BCUT2D eigenvalue weighted by Gasteiger charge is 2.35. The van der Waals surface area contributed by atoms with Gasteiger partial charge in [0, 0.05) is 17.7 Å². The predicted octanol–water partition coefficient (Wildman–Crippen LogP) is 5.98. The van der Waals surface area contributed by atoms with E-state index in [-0.39, 0.29) is 23.4 Å². The van der Waals surface area contributed by atoms with Crippen LogP contribution in [0.25, 0.3) is 17.2 Å². The van der Waals surface area contributed by atoms with Crippen LogP contribution in [0.2, 0.25) is 0 Å². The Balaban J connectivity index is 2.07. The van der Waals surface area contributed by atoms with E-state index in [4.69, 9.17) is 0 Å². The molecule has 1 aliphatic carbocycles. The van der Waals surface area contributed by atoms with Crippen LogP contribution in [0.15, 0.2) is 42.5 Å². The predicted molar refractivity (Wildman–Crippen MR) is 105 cm³/mol. The Hall–Kier alpha value is -2.56. The summed E-state index contributed by atoms with van der Waals surface area (Å²) < 4.78 is 41.2. The van der Waals surface area contributed by atoms with Crippen molar-refractivity contribution in [3.63, 3.8) is 0 Å². The summed E-state index contributed by atoms with van der Waals surface area (Å²) in [6.07, 6.45) is 1.22. The summed E-state index contributed by atoms with van der Waals surface area (Å²) in [7, 11) is 0. The first kappa shape index (κ1) is 20.2. The van der Waals surface area contributed by atoms with E-state index >= 15 is 0 Å². The Kier molecular flexibility index (Phi) is 5.92. The quantitative estimate of drug-likeness (QED) is 0.630. The SMILES string of the molecule is CC(C)c1ccccc1-c1c(C(F)(F)F)[c]ccc1/C=C/C(=O)NC1CCC1. The maximum atomic E-state index is 13.7. The minimum Gasteiger partial charge on any atom is -0.350 e. The smallest absolute Gasteiger partial charge is 0.350 e. The fourth-order valence-electron chi connectivity index (χ4n) is 3.36. The number of carbonyl (C=O) groups excluding carboxylic acids is 1. The van der Waals surface area contributed by atoms with Crippen LogP contribution in [-0.4, -0.2) is 11.9 Å². The lowest BCUT2D eigenvalue weighted by Gasteiger charge is -2.25. The van der Waals surface area contributed by atoms with Gasteiger partial charge in [-0.15, -0.1) is 0 Å². The van der Waals surface area contributed by atoms with Crippen LogP contribution < -0.4 is 5.32 Å². The topological polar surface area (TPSA) is 29.1 Å². The zero-order valence-corrected chi connectivity index (χ0v) is 15.9. The van der Waals surface area contributed by atoms with Gasteiger partial charge in [-0.3, -0.25) is 4.79 Å². The molecule has 2 nitrogen and oxygen atoms in total. The zero-order valence-electron chi connectivity index (χ0n) is 15.9. The summed E-state index contributed by atoms with van der Waals surface area (Å²) in [5, 5.41) is 2.86. The van der Waals surface area contributed by atoms with Gasteiger partial charge in [0.25, 0.3) is 0 Å². The number of rotatable bonds is 5. The van der Waals surface area contributed by atoms with Gasteiger partial charge in [0.05, 0.1) is 5.56 Å². The van der Waals surface area contributed by atoms with Crippen LogP contribution in [0.1, 0.15) is 55.7 Å². The Morgan fingerprint density at radius 1 is 1.21 bits per heavy atom. The van der Waals surface area contributed by atoms with E-state index in [1.54, 1.807) is 18.2 Å². The van der Waals surface area contributed by atoms with Crippen LogP contribution in [0, 0.1) is 6.07 Å². The van der Waals surface area contributed by atoms with E-state index in [0.717, 1.165) is 24.8 Å². The maximum Gasteiger partial charge on any atom is 0.417 e. The molecule has 2 aromatic rings. The lowest BCUT2D eigenvalue weighted by molar-refractivity contribution is -0.137. The number of halogens is 3. The van der Waals surface area contributed by atoms with E-state index in [9.17, 15) is 18.0 Å². The Morgan fingerprint density at radius 2 is 1.93 bits per heavy atom. The molecule has 1 N–H and O–H groups in total. The molecule has 1 fully saturated rings. The van der Waals surface area contributed by atoms with Crippen molar-refractivity contribution in [3.05, 3.63) is 65.2 Å². The molecule has 0 aromatic heterocycles.